The Labute approximate surface area is 225 Å². The summed E-state index contributed by atoms with van der Waals surface area (Å²) in [5.74, 6) is -2.13. The molecule has 3 atom stereocenters. The molecule has 11 nitrogen and oxygen atoms in total. The number of anilines is 1. The van der Waals surface area contributed by atoms with E-state index >= 15 is 0 Å². The lowest BCUT2D eigenvalue weighted by molar-refractivity contribution is -0.148. The van der Waals surface area contributed by atoms with Crippen molar-refractivity contribution >= 4 is 35.4 Å². The minimum Gasteiger partial charge on any atom is -0.461 e. The van der Waals surface area contributed by atoms with Gasteiger partial charge < -0.3 is 31.7 Å². The van der Waals surface area contributed by atoms with Crippen LogP contribution in [0.4, 0.5) is 10.5 Å². The Bertz CT molecular complexity index is 948. The number of urea groups is 1. The number of amides is 5. The molecule has 0 aliphatic rings. The van der Waals surface area contributed by atoms with Gasteiger partial charge in [0.25, 0.3) is 0 Å². The molecule has 6 N–H and O–H groups in total. The lowest BCUT2D eigenvalue weighted by atomic mass is 10.00. The first kappa shape index (κ1) is 32.4. The molecule has 0 bridgehead atoms. The van der Waals surface area contributed by atoms with E-state index in [1.54, 1.807) is 45.0 Å². The number of benzene rings is 1. The fourth-order valence-corrected chi connectivity index (χ4v) is 3.30. The van der Waals surface area contributed by atoms with Crippen LogP contribution in [0.25, 0.3) is 0 Å². The maximum atomic E-state index is 13.1. The Hall–Kier alpha value is -3.63. The lowest BCUT2D eigenvalue weighted by Gasteiger charge is -2.26. The van der Waals surface area contributed by atoms with Gasteiger partial charge in [-0.05, 0) is 42.9 Å². The van der Waals surface area contributed by atoms with Crippen LogP contribution in [-0.2, 0) is 30.5 Å². The fraction of sp³-hybridized carbons (Fsp3) is 0.593. The van der Waals surface area contributed by atoms with E-state index in [0.29, 0.717) is 18.5 Å². The van der Waals surface area contributed by atoms with E-state index in [4.69, 9.17) is 10.5 Å². The molecule has 1 rings (SSSR count). The summed E-state index contributed by atoms with van der Waals surface area (Å²) >= 11 is 0. The minimum absolute atomic E-state index is 0.121. The van der Waals surface area contributed by atoms with E-state index in [1.807, 2.05) is 20.8 Å². The van der Waals surface area contributed by atoms with Crippen LogP contribution in [0.15, 0.2) is 24.3 Å². The molecule has 0 spiro atoms. The SMILES string of the molecule is CCC(C)C(=O)N[C@H](C(=O)N[C@@H](CCCNC(N)=O)C(=O)Nc1ccc(COC(=O)C(C)C)cc1)C(C)C. The first-order chi connectivity index (χ1) is 17.8. The second-order valence-electron chi connectivity index (χ2n) is 9.98. The van der Waals surface area contributed by atoms with Crippen molar-refractivity contribution < 1.29 is 28.7 Å². The van der Waals surface area contributed by atoms with Crippen LogP contribution in [0, 0.1) is 17.8 Å². The topological polar surface area (TPSA) is 169 Å². The third-order valence-electron chi connectivity index (χ3n) is 5.98. The van der Waals surface area contributed by atoms with E-state index < -0.39 is 29.9 Å². The number of esters is 1. The molecule has 0 radical (unpaired) electrons. The second kappa shape index (κ2) is 16.3. The Morgan fingerprint density at radius 3 is 2.05 bits per heavy atom. The number of hydrogen-bond donors (Lipinski definition) is 5. The quantitative estimate of drug-likeness (QED) is 0.171. The molecule has 5 amide bonds. The van der Waals surface area contributed by atoms with E-state index in [0.717, 1.165) is 5.56 Å². The summed E-state index contributed by atoms with van der Waals surface area (Å²) in [5, 5.41) is 10.8. The van der Waals surface area contributed by atoms with Crippen molar-refractivity contribution in [3.63, 3.8) is 0 Å². The fourth-order valence-electron chi connectivity index (χ4n) is 3.30. The molecule has 0 aromatic heterocycles. The van der Waals surface area contributed by atoms with E-state index in [9.17, 15) is 24.0 Å². The Kier molecular flexibility index (Phi) is 13.9. The monoisotopic (exact) mass is 533 g/mol. The Morgan fingerprint density at radius 2 is 1.53 bits per heavy atom. The van der Waals surface area contributed by atoms with E-state index in [-0.39, 0.29) is 49.2 Å². The van der Waals surface area contributed by atoms with Crippen LogP contribution in [0.5, 0.6) is 0 Å². The molecule has 1 aromatic rings. The van der Waals surface area contributed by atoms with Gasteiger partial charge in [-0.1, -0.05) is 53.7 Å². The molecule has 0 saturated carbocycles. The molecule has 38 heavy (non-hydrogen) atoms. The third kappa shape index (κ3) is 11.6. The van der Waals surface area contributed by atoms with Crippen molar-refractivity contribution in [2.75, 3.05) is 11.9 Å². The lowest BCUT2D eigenvalue weighted by Crippen LogP contribution is -2.55. The zero-order valence-electron chi connectivity index (χ0n) is 23.3. The van der Waals surface area contributed by atoms with Gasteiger partial charge in [-0.2, -0.15) is 0 Å². The normalized spacial score (nSPS) is 13.3. The van der Waals surface area contributed by atoms with Crippen LogP contribution in [0.1, 0.15) is 66.4 Å². The highest BCUT2D eigenvalue weighted by molar-refractivity contribution is 5.98. The summed E-state index contributed by atoms with van der Waals surface area (Å²) in [5.41, 5.74) is 6.36. The zero-order valence-corrected chi connectivity index (χ0v) is 23.3. The summed E-state index contributed by atoms with van der Waals surface area (Å²) in [7, 11) is 0. The summed E-state index contributed by atoms with van der Waals surface area (Å²) in [4.78, 5) is 61.3. The minimum atomic E-state index is -0.925. The molecule has 1 unspecified atom stereocenters. The number of carbonyl (C=O) groups is 5. The Morgan fingerprint density at radius 1 is 0.895 bits per heavy atom. The summed E-state index contributed by atoms with van der Waals surface area (Å²) in [6, 6.07) is 4.39. The highest BCUT2D eigenvalue weighted by Gasteiger charge is 2.29. The van der Waals surface area contributed by atoms with Crippen molar-refractivity contribution in [1.29, 1.82) is 0 Å². The Balaban J connectivity index is 2.92. The molecular weight excluding hydrogens is 490 g/mol. The highest BCUT2D eigenvalue weighted by atomic mass is 16.5. The maximum Gasteiger partial charge on any atom is 0.312 e. The van der Waals surface area contributed by atoms with Crippen LogP contribution in [-0.4, -0.2) is 48.4 Å². The number of rotatable bonds is 15. The van der Waals surface area contributed by atoms with Crippen LogP contribution < -0.4 is 27.0 Å². The molecule has 0 heterocycles. The first-order valence-corrected chi connectivity index (χ1v) is 13.1. The van der Waals surface area contributed by atoms with Gasteiger partial charge in [0.2, 0.25) is 17.7 Å². The number of hydrogen-bond acceptors (Lipinski definition) is 6. The molecule has 1 aromatic carbocycles. The van der Waals surface area contributed by atoms with Crippen molar-refractivity contribution in [3.05, 3.63) is 29.8 Å². The summed E-state index contributed by atoms with van der Waals surface area (Å²) < 4.78 is 5.21. The van der Waals surface area contributed by atoms with Crippen molar-refractivity contribution in [1.82, 2.24) is 16.0 Å². The average Bonchev–Trinajstić information content (AvgIpc) is 2.86. The zero-order chi connectivity index (χ0) is 28.8. The predicted molar refractivity (Wildman–Crippen MR) is 145 cm³/mol. The van der Waals surface area contributed by atoms with Gasteiger partial charge in [-0.15, -0.1) is 0 Å². The van der Waals surface area contributed by atoms with Gasteiger partial charge in [0.1, 0.15) is 18.7 Å². The number of primary amides is 1. The molecule has 0 aliphatic carbocycles. The van der Waals surface area contributed by atoms with Gasteiger partial charge in [0.05, 0.1) is 5.92 Å². The molecule has 0 fully saturated rings. The van der Waals surface area contributed by atoms with Crippen molar-refractivity contribution in [3.8, 4) is 0 Å². The molecule has 0 saturated heterocycles. The average molecular weight is 534 g/mol. The second-order valence-corrected chi connectivity index (χ2v) is 9.98. The summed E-state index contributed by atoms with van der Waals surface area (Å²) in [6.45, 7) is 11.2. The molecule has 212 valence electrons. The predicted octanol–water partition coefficient (Wildman–Crippen LogP) is 2.44. The highest BCUT2D eigenvalue weighted by Crippen LogP contribution is 2.13. The third-order valence-corrected chi connectivity index (χ3v) is 5.98. The number of nitrogens with two attached hydrogens (primary N) is 1. The van der Waals surface area contributed by atoms with Crippen LogP contribution in [0.2, 0.25) is 0 Å². The van der Waals surface area contributed by atoms with E-state index in [2.05, 4.69) is 21.3 Å². The van der Waals surface area contributed by atoms with Gasteiger partial charge >= 0.3 is 12.0 Å². The van der Waals surface area contributed by atoms with Crippen molar-refractivity contribution in [2.45, 2.75) is 79.5 Å². The maximum absolute atomic E-state index is 13.1. The number of carbonyl (C=O) groups excluding carboxylic acids is 5. The van der Waals surface area contributed by atoms with Crippen molar-refractivity contribution in [2.24, 2.45) is 23.5 Å². The van der Waals surface area contributed by atoms with Gasteiger partial charge in [-0.25, -0.2) is 4.79 Å². The first-order valence-electron chi connectivity index (χ1n) is 13.1. The van der Waals surface area contributed by atoms with Crippen LogP contribution >= 0.6 is 0 Å². The summed E-state index contributed by atoms with van der Waals surface area (Å²) in [6.07, 6.45) is 1.24. The number of nitrogens with one attached hydrogen (secondary N) is 4. The van der Waals surface area contributed by atoms with Gasteiger partial charge in [-0.3, -0.25) is 19.2 Å². The van der Waals surface area contributed by atoms with Gasteiger partial charge in [0, 0.05) is 18.2 Å². The molecule has 11 heteroatoms. The number of ether oxygens (including phenoxy) is 1. The van der Waals surface area contributed by atoms with E-state index in [1.165, 1.54) is 0 Å². The van der Waals surface area contributed by atoms with Gasteiger partial charge in [0.15, 0.2) is 0 Å². The largest absolute Gasteiger partial charge is 0.461 e. The molecule has 0 aliphatic heterocycles. The van der Waals surface area contributed by atoms with Crippen LogP contribution in [0.3, 0.4) is 0 Å². The molecular formula is C27H43N5O6. The standard InChI is InChI=1S/C27H43N5O6/c1-7-18(6)23(33)32-22(16(2)3)25(35)31-21(9-8-14-29-27(28)37)24(34)30-20-12-10-19(11-13-20)15-38-26(36)17(4)5/h10-13,16-18,21-22H,7-9,14-15H2,1-6H3,(H,30,34)(H,31,35)(H,32,33)(H3,28,29,37)/t18?,21-,22-/m0/s1. The smallest absolute Gasteiger partial charge is 0.312 e.